The lowest BCUT2D eigenvalue weighted by Crippen LogP contribution is -2.61. The molecule has 7 atom stereocenters. The minimum atomic E-state index is -1.73. The third-order valence-electron chi connectivity index (χ3n) is 9.07. The van der Waals surface area contributed by atoms with Gasteiger partial charge in [-0.15, -0.1) is 0 Å². The summed E-state index contributed by atoms with van der Waals surface area (Å²) in [5.41, 5.74) is 8.25. The maximum Gasteiger partial charge on any atom is 0.327 e. The fraction of sp³-hybridized carbons (Fsp3) is 0.375. The average Bonchev–Trinajstić information content (AvgIpc) is 3.18. The van der Waals surface area contributed by atoms with Crippen LogP contribution in [0.15, 0.2) is 91.0 Å². The van der Waals surface area contributed by atoms with Gasteiger partial charge in [0.2, 0.25) is 29.5 Å². The third-order valence-corrected chi connectivity index (χ3v) is 9.43. The molecule has 0 unspecified atom stereocenters. The van der Waals surface area contributed by atoms with Gasteiger partial charge in [0.15, 0.2) is 0 Å². The first-order valence-electron chi connectivity index (χ1n) is 18.2. The predicted molar refractivity (Wildman–Crippen MR) is 211 cm³/mol. The Morgan fingerprint density at radius 3 is 1.38 bits per heavy atom. The first-order valence-corrected chi connectivity index (χ1v) is 18.8. The van der Waals surface area contributed by atoms with Gasteiger partial charge in [-0.05, 0) is 29.0 Å². The van der Waals surface area contributed by atoms with E-state index in [9.17, 15) is 43.8 Å². The van der Waals surface area contributed by atoms with E-state index >= 15 is 0 Å². The minimum absolute atomic E-state index is 0.0755. The van der Waals surface area contributed by atoms with Crippen LogP contribution >= 0.6 is 12.6 Å². The summed E-state index contributed by atoms with van der Waals surface area (Å²) in [6, 6.07) is 18.3. The molecule has 5 amide bonds. The Hall–Kier alpha value is -5.74. The smallest absolute Gasteiger partial charge is 0.327 e. The van der Waals surface area contributed by atoms with Gasteiger partial charge in [0, 0.05) is 18.6 Å². The monoisotopic (exact) mass is 790 g/mol. The Bertz CT molecular complexity index is 1780. The van der Waals surface area contributed by atoms with Gasteiger partial charge in [-0.25, -0.2) is 4.79 Å². The van der Waals surface area contributed by atoms with E-state index in [1.54, 1.807) is 67.6 Å². The molecule has 0 fully saturated rings. The van der Waals surface area contributed by atoms with Crippen LogP contribution in [0, 0.1) is 5.92 Å². The highest BCUT2D eigenvalue weighted by Crippen LogP contribution is 2.12. The molecule has 300 valence electrons. The molecule has 0 aliphatic heterocycles. The van der Waals surface area contributed by atoms with Gasteiger partial charge in [0.05, 0.1) is 12.5 Å². The molecule has 15 nitrogen and oxygen atoms in total. The molecule has 0 aliphatic rings. The number of carboxylic acids is 2. The second-order valence-electron chi connectivity index (χ2n) is 13.4. The standard InChI is InChI=1S/C40H50N6O9S/c1-3-24(2)34(46-35(49)28(41)19-25-13-7-4-8-14-25)39(53)44-30(21-27-17-11-6-12-18-27)36(50)43-31(22-33(47)48)38(52)42-29(20-26-15-9-5-10-16-26)37(51)45-32(23-56)40(54)55/h4-18,24,28-32,34,56H,3,19-23,41H2,1-2H3,(H,42,52)(H,43,50)(H,44,53)(H,45,51)(H,46,49)(H,47,48)(H,54,55)/t24-,28-,29-,30-,31-,32-,34-/m0/s1. The predicted octanol–water partition coefficient (Wildman–Crippen LogP) is 1.00. The first kappa shape index (κ1) is 44.7. The number of carbonyl (C=O) groups excluding carboxylic acids is 5. The van der Waals surface area contributed by atoms with Crippen LogP contribution in [0.3, 0.4) is 0 Å². The molecule has 3 aromatic carbocycles. The number of carbonyl (C=O) groups is 7. The molecule has 0 bridgehead atoms. The number of rotatable bonds is 22. The summed E-state index contributed by atoms with van der Waals surface area (Å²) in [7, 11) is 0. The zero-order chi connectivity index (χ0) is 41.2. The molecule has 56 heavy (non-hydrogen) atoms. The van der Waals surface area contributed by atoms with Crippen molar-refractivity contribution < 1.29 is 43.8 Å². The van der Waals surface area contributed by atoms with Crippen LogP contribution < -0.4 is 32.3 Å². The molecule has 0 saturated carbocycles. The van der Waals surface area contributed by atoms with Crippen LogP contribution in [0.5, 0.6) is 0 Å². The number of thiol groups is 1. The van der Waals surface area contributed by atoms with Crippen LogP contribution in [-0.2, 0) is 52.8 Å². The van der Waals surface area contributed by atoms with Gasteiger partial charge in [-0.2, -0.15) is 12.6 Å². The van der Waals surface area contributed by atoms with Gasteiger partial charge in [-0.1, -0.05) is 111 Å². The summed E-state index contributed by atoms with van der Waals surface area (Å²) in [6.07, 6.45) is -0.385. The van der Waals surface area contributed by atoms with Gasteiger partial charge in [-0.3, -0.25) is 28.8 Å². The molecule has 0 heterocycles. The van der Waals surface area contributed by atoms with E-state index in [1.165, 1.54) is 0 Å². The highest BCUT2D eigenvalue weighted by Gasteiger charge is 2.35. The summed E-state index contributed by atoms with van der Waals surface area (Å²) in [6.45, 7) is 3.58. The quantitative estimate of drug-likeness (QED) is 0.0654. The number of aliphatic carboxylic acids is 2. The van der Waals surface area contributed by atoms with Gasteiger partial charge in [0.25, 0.3) is 0 Å². The van der Waals surface area contributed by atoms with Crippen LogP contribution in [0.2, 0.25) is 0 Å². The van der Waals surface area contributed by atoms with E-state index in [2.05, 4.69) is 39.2 Å². The fourth-order valence-corrected chi connectivity index (χ4v) is 5.94. The van der Waals surface area contributed by atoms with Crippen LogP contribution in [0.4, 0.5) is 0 Å². The Kier molecular flexibility index (Phi) is 18.0. The lowest BCUT2D eigenvalue weighted by molar-refractivity contribution is -0.143. The van der Waals surface area contributed by atoms with Crippen molar-refractivity contribution >= 4 is 54.1 Å². The van der Waals surface area contributed by atoms with Crippen LogP contribution in [-0.4, -0.2) is 93.7 Å². The maximum atomic E-state index is 14.0. The first-order chi connectivity index (χ1) is 26.7. The van der Waals surface area contributed by atoms with Gasteiger partial charge in [0.1, 0.15) is 30.2 Å². The molecule has 3 rings (SSSR count). The SMILES string of the molecule is CC[C@H](C)[C@H](NC(=O)[C@@H](N)Cc1ccccc1)C(=O)N[C@@H](Cc1ccccc1)C(=O)N[C@@H](CC(=O)O)C(=O)N[C@@H](Cc1ccccc1)C(=O)N[C@@H](CS)C(=O)O. The molecule has 0 aromatic heterocycles. The lowest BCUT2D eigenvalue weighted by atomic mass is 9.96. The van der Waals surface area contributed by atoms with Crippen LogP contribution in [0.25, 0.3) is 0 Å². The molecule has 0 saturated heterocycles. The summed E-state index contributed by atoms with van der Waals surface area (Å²) >= 11 is 3.97. The fourth-order valence-electron chi connectivity index (χ4n) is 5.69. The molecule has 3 aromatic rings. The summed E-state index contributed by atoms with van der Waals surface area (Å²) in [5.74, 6) is -7.57. The minimum Gasteiger partial charge on any atom is -0.481 e. The molecular weight excluding hydrogens is 741 g/mol. The van der Waals surface area contributed by atoms with Crippen molar-refractivity contribution in [1.29, 1.82) is 0 Å². The Morgan fingerprint density at radius 1 is 0.571 bits per heavy atom. The van der Waals surface area contributed by atoms with E-state index in [1.807, 2.05) is 37.3 Å². The van der Waals surface area contributed by atoms with Crippen molar-refractivity contribution in [2.75, 3.05) is 5.75 Å². The summed E-state index contributed by atoms with van der Waals surface area (Å²) in [4.78, 5) is 91.7. The molecule has 16 heteroatoms. The summed E-state index contributed by atoms with van der Waals surface area (Å²) in [5, 5.41) is 31.8. The maximum absolute atomic E-state index is 14.0. The van der Waals surface area contributed by atoms with E-state index in [4.69, 9.17) is 5.73 Å². The van der Waals surface area contributed by atoms with E-state index < -0.39 is 90.1 Å². The van der Waals surface area contributed by atoms with Gasteiger partial charge < -0.3 is 42.5 Å². The summed E-state index contributed by atoms with van der Waals surface area (Å²) < 4.78 is 0. The molecule has 0 aliphatic carbocycles. The van der Waals surface area contributed by atoms with E-state index in [0.717, 1.165) is 5.56 Å². The van der Waals surface area contributed by atoms with Crippen molar-refractivity contribution in [2.24, 2.45) is 11.7 Å². The van der Waals surface area contributed by atoms with Crippen molar-refractivity contribution in [1.82, 2.24) is 26.6 Å². The van der Waals surface area contributed by atoms with Gasteiger partial charge >= 0.3 is 11.9 Å². The largest absolute Gasteiger partial charge is 0.481 e. The number of hydrogen-bond acceptors (Lipinski definition) is 9. The van der Waals surface area contributed by atoms with E-state index in [-0.39, 0.29) is 25.0 Å². The number of hydrogen-bond donors (Lipinski definition) is 9. The topological polar surface area (TPSA) is 246 Å². The number of carboxylic acid groups (broad SMARTS) is 2. The van der Waals surface area contributed by atoms with Crippen molar-refractivity contribution in [3.8, 4) is 0 Å². The number of amides is 5. The van der Waals surface area contributed by atoms with Crippen LogP contribution in [0.1, 0.15) is 43.4 Å². The zero-order valence-electron chi connectivity index (χ0n) is 31.2. The highest BCUT2D eigenvalue weighted by molar-refractivity contribution is 7.80. The molecule has 0 spiro atoms. The van der Waals surface area contributed by atoms with Crippen molar-refractivity contribution in [2.45, 2.75) is 82.2 Å². The normalized spacial score (nSPS) is 14.6. The second-order valence-corrected chi connectivity index (χ2v) is 13.8. The Labute approximate surface area is 331 Å². The number of benzene rings is 3. The Balaban J connectivity index is 1.87. The molecular formula is C40H50N6O9S. The zero-order valence-corrected chi connectivity index (χ0v) is 32.1. The second kappa shape index (κ2) is 22.6. The third kappa shape index (κ3) is 14.5. The molecule has 0 radical (unpaired) electrons. The van der Waals surface area contributed by atoms with E-state index in [0.29, 0.717) is 17.5 Å². The van der Waals surface area contributed by atoms with Crippen molar-refractivity contribution in [3.05, 3.63) is 108 Å². The average molecular weight is 791 g/mol. The Morgan fingerprint density at radius 2 is 0.964 bits per heavy atom. The van der Waals surface area contributed by atoms with Crippen molar-refractivity contribution in [3.63, 3.8) is 0 Å². The molecule has 9 N–H and O–H groups in total. The number of nitrogens with one attached hydrogen (secondary N) is 5. The number of nitrogens with two attached hydrogens (primary N) is 1. The highest BCUT2D eigenvalue weighted by atomic mass is 32.1. The lowest BCUT2D eigenvalue weighted by Gasteiger charge is -2.28.